The topological polar surface area (TPSA) is 101 Å². The third kappa shape index (κ3) is 3.69. The van der Waals surface area contributed by atoms with Crippen molar-refractivity contribution in [2.45, 2.75) is 6.42 Å². The van der Waals surface area contributed by atoms with E-state index in [0.717, 1.165) is 0 Å². The van der Waals surface area contributed by atoms with E-state index in [4.69, 9.17) is 10.2 Å². The molecule has 1 aromatic carbocycles. The van der Waals surface area contributed by atoms with Crippen LogP contribution in [0.3, 0.4) is 0 Å². The van der Waals surface area contributed by atoms with Gasteiger partial charge in [-0.1, -0.05) is 12.1 Å². The van der Waals surface area contributed by atoms with Crippen molar-refractivity contribution in [2.75, 3.05) is 6.61 Å². The smallest absolute Gasteiger partial charge is 0.335 e. The molecule has 6 nitrogen and oxygen atoms in total. The first kappa shape index (κ1) is 12.9. The zero-order valence-corrected chi connectivity index (χ0v) is 8.87. The van der Waals surface area contributed by atoms with Crippen LogP contribution < -0.4 is 0 Å². The Labute approximate surface area is 97.0 Å². The summed E-state index contributed by atoms with van der Waals surface area (Å²) in [6, 6.07) is 5.81. The number of carboxylic acid groups (broad SMARTS) is 1. The van der Waals surface area contributed by atoms with Crippen LogP contribution in [-0.2, 0) is 0 Å². The Hall–Kier alpha value is -2.21. The first-order valence-electron chi connectivity index (χ1n) is 4.83. The number of nitrogens with zero attached hydrogens (tertiary/aromatic N) is 1. The molecule has 0 aliphatic rings. The minimum absolute atomic E-state index is 0.0606. The van der Waals surface area contributed by atoms with Gasteiger partial charge in [-0.3, -0.25) is 10.1 Å². The molecule has 17 heavy (non-hydrogen) atoms. The molecule has 0 atom stereocenters. The largest absolute Gasteiger partial charge is 0.478 e. The van der Waals surface area contributed by atoms with Crippen LogP contribution in [0.1, 0.15) is 22.3 Å². The van der Waals surface area contributed by atoms with E-state index in [0.29, 0.717) is 5.56 Å². The fourth-order valence-electron chi connectivity index (χ4n) is 1.28. The zero-order chi connectivity index (χ0) is 12.8. The first-order chi connectivity index (χ1) is 8.04. The van der Waals surface area contributed by atoms with Crippen molar-refractivity contribution in [2.24, 2.45) is 0 Å². The summed E-state index contributed by atoms with van der Waals surface area (Å²) in [7, 11) is 0. The summed E-state index contributed by atoms with van der Waals surface area (Å²) < 4.78 is 0. The van der Waals surface area contributed by atoms with Gasteiger partial charge in [-0.15, -0.1) is 0 Å². The summed E-state index contributed by atoms with van der Waals surface area (Å²) in [5.41, 5.74) is 0.325. The molecule has 0 unspecified atom stereocenters. The summed E-state index contributed by atoms with van der Waals surface area (Å²) in [5.74, 6) is -1.09. The Morgan fingerprint density at radius 1 is 1.47 bits per heavy atom. The van der Waals surface area contributed by atoms with Crippen molar-refractivity contribution in [1.82, 2.24) is 0 Å². The van der Waals surface area contributed by atoms with Crippen LogP contribution in [0.5, 0.6) is 0 Å². The van der Waals surface area contributed by atoms with Gasteiger partial charge in [0, 0.05) is 6.08 Å². The van der Waals surface area contributed by atoms with E-state index < -0.39 is 10.9 Å². The van der Waals surface area contributed by atoms with E-state index in [1.807, 2.05) is 0 Å². The molecule has 0 aliphatic heterocycles. The van der Waals surface area contributed by atoms with E-state index in [9.17, 15) is 14.9 Å². The van der Waals surface area contributed by atoms with Crippen molar-refractivity contribution in [3.8, 4) is 0 Å². The number of rotatable bonds is 5. The predicted octanol–water partition coefficient (Wildman–Crippen LogP) is 1.38. The number of nitro groups is 1. The molecule has 0 radical (unpaired) electrons. The van der Waals surface area contributed by atoms with Crippen LogP contribution in [0.15, 0.2) is 30.0 Å². The van der Waals surface area contributed by atoms with Crippen LogP contribution in [0.25, 0.3) is 6.08 Å². The Bertz CT molecular complexity index is 467. The number of carbonyl (C=O) groups is 1. The zero-order valence-electron chi connectivity index (χ0n) is 8.87. The van der Waals surface area contributed by atoms with E-state index in [1.54, 1.807) is 6.07 Å². The molecule has 6 heteroatoms. The maximum Gasteiger partial charge on any atom is 0.335 e. The maximum absolute atomic E-state index is 10.7. The molecule has 90 valence electrons. The fraction of sp³-hybridized carbons (Fsp3) is 0.182. The standard InChI is InChI=1S/C11H11NO5/c13-5-4-10(12(16)17)7-8-2-1-3-9(6-8)11(14)15/h1-3,6-7,13H,4-5H2,(H,14,15)/b10-7+. The van der Waals surface area contributed by atoms with Gasteiger partial charge in [0.05, 0.1) is 23.5 Å². The highest BCUT2D eigenvalue weighted by atomic mass is 16.6. The normalized spacial score (nSPS) is 11.2. The second-order valence-corrected chi connectivity index (χ2v) is 3.30. The van der Waals surface area contributed by atoms with Crippen molar-refractivity contribution >= 4 is 12.0 Å². The van der Waals surface area contributed by atoms with E-state index >= 15 is 0 Å². The lowest BCUT2D eigenvalue weighted by molar-refractivity contribution is -0.426. The summed E-state index contributed by atoms with van der Waals surface area (Å²) in [6.07, 6.45) is 1.17. The van der Waals surface area contributed by atoms with E-state index in [-0.39, 0.29) is 24.3 Å². The molecule has 0 spiro atoms. The molecule has 0 aromatic heterocycles. The second-order valence-electron chi connectivity index (χ2n) is 3.30. The van der Waals surface area contributed by atoms with E-state index in [1.165, 1.54) is 24.3 Å². The molecule has 0 amide bonds. The van der Waals surface area contributed by atoms with Gasteiger partial charge in [0.2, 0.25) is 5.70 Å². The molecule has 0 saturated heterocycles. The third-order valence-corrected chi connectivity index (χ3v) is 2.07. The third-order valence-electron chi connectivity index (χ3n) is 2.07. The minimum atomic E-state index is -1.09. The number of hydrogen-bond acceptors (Lipinski definition) is 4. The van der Waals surface area contributed by atoms with Crippen LogP contribution >= 0.6 is 0 Å². The van der Waals surface area contributed by atoms with Crippen LogP contribution in [0.4, 0.5) is 0 Å². The lowest BCUT2D eigenvalue weighted by atomic mass is 10.1. The highest BCUT2D eigenvalue weighted by Gasteiger charge is 2.10. The van der Waals surface area contributed by atoms with Crippen molar-refractivity contribution in [3.05, 3.63) is 51.2 Å². The van der Waals surface area contributed by atoms with Crippen molar-refractivity contribution < 1.29 is 19.9 Å². The van der Waals surface area contributed by atoms with Crippen molar-refractivity contribution in [1.29, 1.82) is 0 Å². The molecule has 0 heterocycles. The number of benzene rings is 1. The monoisotopic (exact) mass is 237 g/mol. The Morgan fingerprint density at radius 2 is 2.18 bits per heavy atom. The second kappa shape index (κ2) is 5.76. The molecule has 0 aliphatic carbocycles. The summed E-state index contributed by atoms with van der Waals surface area (Å²) >= 11 is 0. The predicted molar refractivity (Wildman–Crippen MR) is 60.1 cm³/mol. The van der Waals surface area contributed by atoms with Gasteiger partial charge in [-0.05, 0) is 17.7 Å². The first-order valence-corrected chi connectivity index (χ1v) is 4.83. The molecule has 1 rings (SSSR count). The minimum Gasteiger partial charge on any atom is -0.478 e. The highest BCUT2D eigenvalue weighted by molar-refractivity contribution is 5.88. The van der Waals surface area contributed by atoms with Gasteiger partial charge in [-0.2, -0.15) is 0 Å². The lowest BCUT2D eigenvalue weighted by Crippen LogP contribution is -2.01. The Kier molecular flexibility index (Phi) is 4.36. The summed E-state index contributed by atoms with van der Waals surface area (Å²) in [4.78, 5) is 20.7. The molecule has 0 fully saturated rings. The fourth-order valence-corrected chi connectivity index (χ4v) is 1.28. The van der Waals surface area contributed by atoms with Gasteiger partial charge >= 0.3 is 5.97 Å². The summed E-state index contributed by atoms with van der Waals surface area (Å²) in [6.45, 7) is -0.328. The van der Waals surface area contributed by atoms with E-state index in [2.05, 4.69) is 0 Å². The number of aromatic carboxylic acids is 1. The highest BCUT2D eigenvalue weighted by Crippen LogP contribution is 2.12. The Balaban J connectivity index is 3.06. The summed E-state index contributed by atoms with van der Waals surface area (Å²) in [5, 5.41) is 28.1. The van der Waals surface area contributed by atoms with Gasteiger partial charge in [0.15, 0.2) is 0 Å². The van der Waals surface area contributed by atoms with Crippen LogP contribution in [-0.4, -0.2) is 27.7 Å². The molecule has 0 bridgehead atoms. The number of hydrogen-bond donors (Lipinski definition) is 2. The van der Waals surface area contributed by atoms with Crippen LogP contribution in [0.2, 0.25) is 0 Å². The lowest BCUT2D eigenvalue weighted by Gasteiger charge is -1.98. The SMILES string of the molecule is O=C(O)c1cccc(/C=C(\CCO)[N+](=O)[O-])c1. The van der Waals surface area contributed by atoms with Gasteiger partial charge in [0.1, 0.15) is 0 Å². The average Bonchev–Trinajstić information content (AvgIpc) is 2.28. The van der Waals surface area contributed by atoms with Gasteiger partial charge in [0.25, 0.3) is 0 Å². The molecular formula is C11H11NO5. The number of aliphatic hydroxyl groups excluding tert-OH is 1. The van der Waals surface area contributed by atoms with Gasteiger partial charge in [-0.25, -0.2) is 4.79 Å². The maximum atomic E-state index is 10.7. The Morgan fingerprint density at radius 3 is 2.71 bits per heavy atom. The van der Waals surface area contributed by atoms with Crippen LogP contribution in [0, 0.1) is 10.1 Å². The quantitative estimate of drug-likeness (QED) is 0.595. The molecular weight excluding hydrogens is 226 g/mol. The molecule has 1 aromatic rings. The number of aliphatic hydroxyl groups is 1. The van der Waals surface area contributed by atoms with Crippen molar-refractivity contribution in [3.63, 3.8) is 0 Å². The molecule has 0 saturated carbocycles. The average molecular weight is 237 g/mol. The van der Waals surface area contributed by atoms with Gasteiger partial charge < -0.3 is 10.2 Å². The molecule has 2 N–H and O–H groups in total. The number of carboxylic acids is 1.